The minimum atomic E-state index is -0.311. The summed E-state index contributed by atoms with van der Waals surface area (Å²) in [6.45, 7) is 1.23. The highest BCUT2D eigenvalue weighted by Crippen LogP contribution is 2.31. The Morgan fingerprint density at radius 2 is 2.00 bits per heavy atom. The number of nitrogens with zero attached hydrogens (tertiary/aromatic N) is 4. The van der Waals surface area contributed by atoms with Crippen LogP contribution in [0.2, 0.25) is 0 Å². The van der Waals surface area contributed by atoms with E-state index in [0.29, 0.717) is 35.2 Å². The molecule has 1 unspecified atom stereocenters. The zero-order chi connectivity index (χ0) is 21.2. The molecule has 156 valence electrons. The van der Waals surface area contributed by atoms with Crippen LogP contribution in [-0.4, -0.2) is 39.0 Å². The fraction of sp³-hybridized carbons (Fsp3) is 0.217. The molecule has 6 nitrogen and oxygen atoms in total. The van der Waals surface area contributed by atoms with Gasteiger partial charge < -0.3 is 9.42 Å². The topological polar surface area (TPSA) is 72.1 Å². The van der Waals surface area contributed by atoms with Gasteiger partial charge in [-0.2, -0.15) is 4.98 Å². The van der Waals surface area contributed by atoms with Gasteiger partial charge in [-0.3, -0.25) is 9.78 Å². The number of amides is 1. The van der Waals surface area contributed by atoms with Crippen LogP contribution in [-0.2, 0) is 0 Å². The van der Waals surface area contributed by atoms with E-state index in [4.69, 9.17) is 4.52 Å². The van der Waals surface area contributed by atoms with E-state index in [1.807, 2.05) is 35.2 Å². The summed E-state index contributed by atoms with van der Waals surface area (Å²) in [7, 11) is 0. The number of carbonyl (C=O) groups is 1. The first-order valence-corrected chi connectivity index (χ1v) is 10.9. The van der Waals surface area contributed by atoms with Crippen LogP contribution >= 0.6 is 11.3 Å². The van der Waals surface area contributed by atoms with Crippen molar-refractivity contribution in [1.82, 2.24) is 20.0 Å². The van der Waals surface area contributed by atoms with Crippen LogP contribution in [0.5, 0.6) is 0 Å². The largest absolute Gasteiger partial charge is 0.339 e. The smallest absolute Gasteiger partial charge is 0.263 e. The first-order valence-electron chi connectivity index (χ1n) is 10.1. The molecule has 0 N–H and O–H groups in total. The molecule has 1 amide bonds. The Morgan fingerprint density at radius 1 is 1.13 bits per heavy atom. The van der Waals surface area contributed by atoms with Gasteiger partial charge in [0.15, 0.2) is 0 Å². The molecule has 1 saturated heterocycles. The van der Waals surface area contributed by atoms with Gasteiger partial charge in [0.2, 0.25) is 11.7 Å². The van der Waals surface area contributed by atoms with Gasteiger partial charge in [-0.05, 0) is 61.4 Å². The number of pyridine rings is 1. The Kier molecular flexibility index (Phi) is 5.30. The summed E-state index contributed by atoms with van der Waals surface area (Å²) >= 11 is 1.45. The summed E-state index contributed by atoms with van der Waals surface area (Å²) in [6, 6.07) is 15.5. The van der Waals surface area contributed by atoms with E-state index in [1.165, 1.54) is 23.5 Å². The van der Waals surface area contributed by atoms with E-state index < -0.39 is 0 Å². The molecule has 1 aliphatic rings. The van der Waals surface area contributed by atoms with Crippen LogP contribution in [0.1, 0.15) is 34.3 Å². The molecule has 5 rings (SSSR count). The normalized spacial score (nSPS) is 16.4. The molecule has 0 aliphatic carbocycles. The van der Waals surface area contributed by atoms with E-state index in [-0.39, 0.29) is 17.6 Å². The van der Waals surface area contributed by atoms with Crippen molar-refractivity contribution in [3.05, 3.63) is 77.4 Å². The number of halogens is 1. The minimum absolute atomic E-state index is 0.00940. The second-order valence-corrected chi connectivity index (χ2v) is 8.52. The van der Waals surface area contributed by atoms with Gasteiger partial charge in [-0.15, -0.1) is 11.3 Å². The third-order valence-corrected chi connectivity index (χ3v) is 6.43. The summed E-state index contributed by atoms with van der Waals surface area (Å²) in [5.74, 6) is 0.618. The van der Waals surface area contributed by atoms with Crippen LogP contribution in [0, 0.1) is 5.82 Å². The number of hydrogen-bond donors (Lipinski definition) is 0. The summed E-state index contributed by atoms with van der Waals surface area (Å²) in [5, 5.41) is 4.04. The molecule has 4 aromatic rings. The molecule has 4 heterocycles. The highest BCUT2D eigenvalue weighted by atomic mass is 32.1. The van der Waals surface area contributed by atoms with Gasteiger partial charge >= 0.3 is 0 Å². The van der Waals surface area contributed by atoms with Crippen LogP contribution in [0.25, 0.3) is 22.0 Å². The van der Waals surface area contributed by atoms with Gasteiger partial charge in [-0.1, -0.05) is 11.2 Å². The lowest BCUT2D eigenvalue weighted by molar-refractivity contribution is 0.0700. The summed E-state index contributed by atoms with van der Waals surface area (Å²) < 4.78 is 18.6. The quantitative estimate of drug-likeness (QED) is 0.451. The number of rotatable bonds is 4. The molecule has 0 radical (unpaired) electrons. The second-order valence-electron chi connectivity index (χ2n) is 7.43. The van der Waals surface area contributed by atoms with Gasteiger partial charge in [0, 0.05) is 24.8 Å². The Labute approximate surface area is 182 Å². The maximum Gasteiger partial charge on any atom is 0.263 e. The average Bonchev–Trinajstić information content (AvgIpc) is 3.50. The lowest BCUT2D eigenvalue weighted by atomic mass is 9.98. The zero-order valence-corrected chi connectivity index (χ0v) is 17.4. The summed E-state index contributed by atoms with van der Waals surface area (Å²) in [5.41, 5.74) is 1.56. The number of carbonyl (C=O) groups excluding carboxylic acids is 1. The second kappa shape index (κ2) is 8.39. The number of likely N-dealkylation sites (tertiary alicyclic amines) is 1. The number of benzene rings is 1. The van der Waals surface area contributed by atoms with Crippen LogP contribution in [0.3, 0.4) is 0 Å². The van der Waals surface area contributed by atoms with Crippen molar-refractivity contribution in [2.75, 3.05) is 13.1 Å². The molecule has 3 aromatic heterocycles. The van der Waals surface area contributed by atoms with Crippen molar-refractivity contribution >= 4 is 17.2 Å². The molecule has 31 heavy (non-hydrogen) atoms. The van der Waals surface area contributed by atoms with E-state index in [9.17, 15) is 9.18 Å². The van der Waals surface area contributed by atoms with Crippen molar-refractivity contribution in [3.8, 4) is 22.0 Å². The van der Waals surface area contributed by atoms with Crippen molar-refractivity contribution in [2.45, 2.75) is 18.8 Å². The predicted molar refractivity (Wildman–Crippen MR) is 115 cm³/mol. The molecule has 1 aromatic carbocycles. The molecule has 0 bridgehead atoms. The molecule has 1 fully saturated rings. The maximum atomic E-state index is 13.2. The third kappa shape index (κ3) is 4.11. The lowest BCUT2D eigenvalue weighted by Crippen LogP contribution is -2.38. The highest BCUT2D eigenvalue weighted by Gasteiger charge is 2.30. The van der Waals surface area contributed by atoms with Gasteiger partial charge in [0.05, 0.1) is 21.4 Å². The predicted octanol–water partition coefficient (Wildman–Crippen LogP) is 5.02. The van der Waals surface area contributed by atoms with Crippen LogP contribution in [0.4, 0.5) is 4.39 Å². The van der Waals surface area contributed by atoms with Gasteiger partial charge in [0.1, 0.15) is 5.82 Å². The molecule has 0 spiro atoms. The van der Waals surface area contributed by atoms with Crippen molar-refractivity contribution in [1.29, 1.82) is 0 Å². The van der Waals surface area contributed by atoms with Crippen molar-refractivity contribution in [2.24, 2.45) is 0 Å². The fourth-order valence-corrected chi connectivity index (χ4v) is 4.69. The molecular weight excluding hydrogens is 415 g/mol. The summed E-state index contributed by atoms with van der Waals surface area (Å²) in [6.07, 6.45) is 3.48. The fourth-order valence-electron chi connectivity index (χ4n) is 3.74. The average molecular weight is 434 g/mol. The Balaban J connectivity index is 1.30. The van der Waals surface area contributed by atoms with Gasteiger partial charge in [-0.25, -0.2) is 4.39 Å². The number of aromatic nitrogens is 3. The molecule has 0 saturated carbocycles. The zero-order valence-electron chi connectivity index (χ0n) is 16.6. The van der Waals surface area contributed by atoms with Crippen LogP contribution in [0.15, 0.2) is 65.3 Å². The third-order valence-electron chi connectivity index (χ3n) is 5.34. The van der Waals surface area contributed by atoms with E-state index in [0.717, 1.165) is 23.4 Å². The molecule has 1 atom stereocenters. The van der Waals surface area contributed by atoms with E-state index >= 15 is 0 Å². The molecular formula is C23H19FN4O2S. The number of hydrogen-bond acceptors (Lipinski definition) is 6. The number of thiophene rings is 1. The summed E-state index contributed by atoms with van der Waals surface area (Å²) in [4.78, 5) is 25.5. The minimum Gasteiger partial charge on any atom is -0.339 e. The van der Waals surface area contributed by atoms with Gasteiger partial charge in [0.25, 0.3) is 5.91 Å². The monoisotopic (exact) mass is 434 g/mol. The standard InChI is InChI=1S/C23H19FN4O2S/c24-17-8-6-15(7-9-17)21-26-22(30-27-21)16-4-3-13-28(14-16)23(29)20-11-10-19(31-20)18-5-1-2-12-25-18/h1-2,5-12,16H,3-4,13-14H2. The Hall–Kier alpha value is -3.39. The number of piperidine rings is 1. The van der Waals surface area contributed by atoms with Crippen molar-refractivity contribution in [3.63, 3.8) is 0 Å². The Morgan fingerprint density at radius 3 is 2.81 bits per heavy atom. The maximum absolute atomic E-state index is 13.2. The first kappa shape index (κ1) is 19.6. The molecule has 8 heteroatoms. The molecule has 1 aliphatic heterocycles. The SMILES string of the molecule is O=C(c1ccc(-c2ccccn2)s1)N1CCCC(c2nc(-c3ccc(F)cc3)no2)C1. The lowest BCUT2D eigenvalue weighted by Gasteiger charge is -2.30. The first-order chi connectivity index (χ1) is 15.2. The van der Waals surface area contributed by atoms with Crippen molar-refractivity contribution < 1.29 is 13.7 Å². The van der Waals surface area contributed by atoms with E-state index in [2.05, 4.69) is 15.1 Å². The van der Waals surface area contributed by atoms with E-state index in [1.54, 1.807) is 18.3 Å². The Bertz CT molecular complexity index is 1190. The highest BCUT2D eigenvalue weighted by molar-refractivity contribution is 7.17. The van der Waals surface area contributed by atoms with Crippen LogP contribution < -0.4 is 0 Å².